The maximum Gasteiger partial charge on any atom is 0.343 e. The zero-order chi connectivity index (χ0) is 18.7. The van der Waals surface area contributed by atoms with Crippen LogP contribution in [0.1, 0.15) is 21.5 Å². The number of rotatable bonds is 6. The van der Waals surface area contributed by atoms with Crippen molar-refractivity contribution in [3.63, 3.8) is 0 Å². The van der Waals surface area contributed by atoms with Crippen LogP contribution in [0.15, 0.2) is 42.6 Å². The molecule has 1 heterocycles. The Hall–Kier alpha value is -2.79. The van der Waals surface area contributed by atoms with Gasteiger partial charge in [0.2, 0.25) is 0 Å². The average Bonchev–Trinajstić information content (AvgIpc) is 3.04. The van der Waals surface area contributed by atoms with Gasteiger partial charge in [0.05, 0.1) is 12.7 Å². The number of benzene rings is 2. The largest absolute Gasteiger partial charge is 0.496 e. The van der Waals surface area contributed by atoms with Crippen molar-refractivity contribution < 1.29 is 14.3 Å². The van der Waals surface area contributed by atoms with Crippen molar-refractivity contribution in [2.24, 2.45) is 0 Å². The van der Waals surface area contributed by atoms with E-state index in [2.05, 4.69) is 9.88 Å². The van der Waals surface area contributed by atoms with Crippen molar-refractivity contribution >= 4 is 16.9 Å². The second-order valence-electron chi connectivity index (χ2n) is 6.62. The fraction of sp³-hybridized carbons (Fsp3) is 0.286. The minimum atomic E-state index is -0.372. The number of methoxy groups -OCH3 is 1. The molecule has 0 radical (unpaired) electrons. The molecule has 0 fully saturated rings. The van der Waals surface area contributed by atoms with Crippen molar-refractivity contribution in [1.82, 2.24) is 9.88 Å². The highest BCUT2D eigenvalue weighted by Crippen LogP contribution is 2.30. The van der Waals surface area contributed by atoms with Crippen LogP contribution in [0.5, 0.6) is 11.5 Å². The topological polar surface area (TPSA) is 54.6 Å². The number of ether oxygens (including phenoxy) is 2. The second-order valence-corrected chi connectivity index (χ2v) is 6.62. The summed E-state index contributed by atoms with van der Waals surface area (Å²) in [7, 11) is 5.70. The van der Waals surface area contributed by atoms with Gasteiger partial charge in [0.25, 0.3) is 0 Å². The predicted molar refractivity (Wildman–Crippen MR) is 103 cm³/mol. The monoisotopic (exact) mass is 352 g/mol. The first-order valence-corrected chi connectivity index (χ1v) is 8.60. The van der Waals surface area contributed by atoms with E-state index in [0.29, 0.717) is 11.3 Å². The molecule has 0 atom stereocenters. The number of hydrogen-bond acceptors (Lipinski definition) is 4. The average molecular weight is 352 g/mol. The molecule has 0 bridgehead atoms. The smallest absolute Gasteiger partial charge is 0.343 e. The Bertz CT molecular complexity index is 928. The Kier molecular flexibility index (Phi) is 5.28. The summed E-state index contributed by atoms with van der Waals surface area (Å²) in [6.45, 7) is 2.83. The molecule has 1 N–H and O–H groups in total. The summed E-state index contributed by atoms with van der Waals surface area (Å²) in [5.74, 6) is 0.958. The lowest BCUT2D eigenvalue weighted by molar-refractivity contribution is 0.0737. The summed E-state index contributed by atoms with van der Waals surface area (Å²) in [5, 5.41) is 0.966. The van der Waals surface area contributed by atoms with Crippen molar-refractivity contribution in [3.05, 3.63) is 59.3 Å². The Morgan fingerprint density at radius 1 is 1.15 bits per heavy atom. The van der Waals surface area contributed by atoms with Gasteiger partial charge >= 0.3 is 5.97 Å². The molecule has 0 aliphatic rings. The van der Waals surface area contributed by atoms with Crippen LogP contribution >= 0.6 is 0 Å². The van der Waals surface area contributed by atoms with Crippen LogP contribution in [0.3, 0.4) is 0 Å². The molecule has 2 aromatic carbocycles. The van der Waals surface area contributed by atoms with Gasteiger partial charge < -0.3 is 19.4 Å². The number of nitrogens with zero attached hydrogens (tertiary/aromatic N) is 1. The Balaban J connectivity index is 1.89. The van der Waals surface area contributed by atoms with Crippen molar-refractivity contribution in [3.8, 4) is 11.5 Å². The molecule has 3 rings (SSSR count). The number of H-pyrrole nitrogens is 1. The summed E-state index contributed by atoms with van der Waals surface area (Å²) >= 11 is 0. The van der Waals surface area contributed by atoms with Crippen LogP contribution in [0, 0.1) is 6.92 Å². The van der Waals surface area contributed by atoms with Gasteiger partial charge in [-0.2, -0.15) is 0 Å². The Morgan fingerprint density at radius 3 is 2.65 bits per heavy atom. The number of carbonyl (C=O) groups excluding carboxylic acids is 1. The molecule has 5 heteroatoms. The van der Waals surface area contributed by atoms with Crippen molar-refractivity contribution in [1.29, 1.82) is 0 Å². The SMILES string of the molecule is COc1ccc(C(=O)Oc2cccc3[nH]cc(CCN(C)C)c23)cc1C. The maximum atomic E-state index is 12.6. The third kappa shape index (κ3) is 3.73. The first-order chi connectivity index (χ1) is 12.5. The molecule has 3 aromatic rings. The molecule has 0 spiro atoms. The summed E-state index contributed by atoms with van der Waals surface area (Å²) in [5.41, 5.74) is 3.51. The highest BCUT2D eigenvalue weighted by molar-refractivity contribution is 5.96. The summed E-state index contributed by atoms with van der Waals surface area (Å²) in [6.07, 6.45) is 2.87. The summed E-state index contributed by atoms with van der Waals surface area (Å²) < 4.78 is 11.0. The zero-order valence-corrected chi connectivity index (χ0v) is 15.6. The molecule has 5 nitrogen and oxygen atoms in total. The third-order valence-corrected chi connectivity index (χ3v) is 4.41. The van der Waals surface area contributed by atoms with Gasteiger partial charge in [0, 0.05) is 23.6 Å². The lowest BCUT2D eigenvalue weighted by Gasteiger charge is -2.11. The Morgan fingerprint density at radius 2 is 1.96 bits per heavy atom. The van der Waals surface area contributed by atoms with Gasteiger partial charge in [-0.25, -0.2) is 4.79 Å². The molecule has 0 aliphatic heterocycles. The van der Waals surface area contributed by atoms with Gasteiger partial charge in [-0.05, 0) is 68.9 Å². The highest BCUT2D eigenvalue weighted by Gasteiger charge is 2.15. The molecule has 0 amide bonds. The van der Waals surface area contributed by atoms with E-state index in [1.165, 1.54) is 0 Å². The maximum absolute atomic E-state index is 12.6. The number of esters is 1. The standard InChI is InChI=1S/C21H24N2O3/c1-14-12-15(8-9-18(14)25-4)21(24)26-19-7-5-6-17-20(19)16(13-22-17)10-11-23(2)3/h5-9,12-13,22H,10-11H2,1-4H3. The van der Waals surface area contributed by atoms with Crippen LogP contribution in [0.2, 0.25) is 0 Å². The first-order valence-electron chi connectivity index (χ1n) is 8.60. The lowest BCUT2D eigenvalue weighted by atomic mass is 10.1. The van der Waals surface area contributed by atoms with Crippen LogP contribution in [0.25, 0.3) is 10.9 Å². The normalized spacial score (nSPS) is 11.1. The number of hydrogen-bond donors (Lipinski definition) is 1. The van der Waals surface area contributed by atoms with E-state index in [4.69, 9.17) is 9.47 Å². The number of aromatic nitrogens is 1. The van der Waals surface area contributed by atoms with E-state index < -0.39 is 0 Å². The number of fused-ring (bicyclic) bond motifs is 1. The van der Waals surface area contributed by atoms with Crippen LogP contribution in [-0.2, 0) is 6.42 Å². The zero-order valence-electron chi connectivity index (χ0n) is 15.6. The quantitative estimate of drug-likeness (QED) is 0.541. The number of aromatic amines is 1. The molecule has 0 unspecified atom stereocenters. The second kappa shape index (κ2) is 7.62. The van der Waals surface area contributed by atoms with E-state index in [-0.39, 0.29) is 5.97 Å². The summed E-state index contributed by atoms with van der Waals surface area (Å²) in [4.78, 5) is 18.0. The molecule has 1 aromatic heterocycles. The van der Waals surface area contributed by atoms with Gasteiger partial charge in [0.15, 0.2) is 0 Å². The van der Waals surface area contributed by atoms with Gasteiger partial charge in [-0.1, -0.05) is 6.07 Å². The van der Waals surface area contributed by atoms with E-state index in [1.54, 1.807) is 25.3 Å². The number of carbonyl (C=O) groups is 1. The number of aryl methyl sites for hydroxylation is 1. The van der Waals surface area contributed by atoms with Gasteiger partial charge in [0.1, 0.15) is 11.5 Å². The van der Waals surface area contributed by atoms with E-state index in [9.17, 15) is 4.79 Å². The molecule has 0 saturated carbocycles. The molecule has 26 heavy (non-hydrogen) atoms. The summed E-state index contributed by atoms with van der Waals surface area (Å²) in [6, 6.07) is 11.0. The number of nitrogens with one attached hydrogen (secondary N) is 1. The molecular weight excluding hydrogens is 328 g/mol. The molecule has 0 saturated heterocycles. The predicted octanol–water partition coefficient (Wildman–Crippen LogP) is 3.81. The molecule has 0 aliphatic carbocycles. The minimum absolute atomic E-state index is 0.372. The third-order valence-electron chi connectivity index (χ3n) is 4.41. The van der Waals surface area contributed by atoms with E-state index >= 15 is 0 Å². The van der Waals surface area contributed by atoms with E-state index in [1.807, 2.05) is 45.4 Å². The van der Waals surface area contributed by atoms with Gasteiger partial charge in [-0.15, -0.1) is 0 Å². The van der Waals surface area contributed by atoms with Crippen LogP contribution in [-0.4, -0.2) is 43.6 Å². The number of likely N-dealkylation sites (N-methyl/N-ethyl adjacent to an activating group) is 1. The van der Waals surface area contributed by atoms with Crippen LogP contribution in [0.4, 0.5) is 0 Å². The Labute approximate surface area is 153 Å². The first kappa shape index (κ1) is 18.0. The van der Waals surface area contributed by atoms with E-state index in [0.717, 1.165) is 40.7 Å². The highest BCUT2D eigenvalue weighted by atomic mass is 16.5. The minimum Gasteiger partial charge on any atom is -0.496 e. The lowest BCUT2D eigenvalue weighted by Crippen LogP contribution is -2.15. The van der Waals surface area contributed by atoms with Crippen molar-refractivity contribution in [2.45, 2.75) is 13.3 Å². The molecular formula is C21H24N2O3. The molecule has 136 valence electrons. The fourth-order valence-corrected chi connectivity index (χ4v) is 3.01. The van der Waals surface area contributed by atoms with Crippen LogP contribution < -0.4 is 9.47 Å². The van der Waals surface area contributed by atoms with Gasteiger partial charge in [-0.3, -0.25) is 0 Å². The van der Waals surface area contributed by atoms with Crippen molar-refractivity contribution in [2.75, 3.05) is 27.7 Å². The fourth-order valence-electron chi connectivity index (χ4n) is 3.01.